The molecule has 1 aliphatic heterocycles. The lowest BCUT2D eigenvalue weighted by molar-refractivity contribution is 0.0246. The lowest BCUT2D eigenvalue weighted by Crippen LogP contribution is -2.56. The lowest BCUT2D eigenvalue weighted by Gasteiger charge is -2.47. The van der Waals surface area contributed by atoms with Crippen LogP contribution >= 0.6 is 0 Å². The smallest absolute Gasteiger partial charge is 0.250 e. The van der Waals surface area contributed by atoms with Gasteiger partial charge >= 0.3 is 0 Å². The Morgan fingerprint density at radius 2 is 2.00 bits per heavy atom. The molecule has 2 unspecified atom stereocenters. The average molecular weight is 276 g/mol. The van der Waals surface area contributed by atoms with Gasteiger partial charge in [0.1, 0.15) is 0 Å². The second-order valence-corrected chi connectivity index (χ2v) is 6.29. The Kier molecular flexibility index (Phi) is 5.54. The van der Waals surface area contributed by atoms with Crippen LogP contribution in [-0.2, 0) is 0 Å². The van der Waals surface area contributed by atoms with Crippen LogP contribution in [0.4, 0.5) is 8.78 Å². The molecule has 0 spiro atoms. The normalized spacial score (nSPS) is 36.5. The molecule has 2 fully saturated rings. The van der Waals surface area contributed by atoms with Gasteiger partial charge in [0.05, 0.1) is 6.54 Å². The monoisotopic (exact) mass is 276 g/mol. The van der Waals surface area contributed by atoms with Gasteiger partial charge in [-0.25, -0.2) is 8.78 Å². The van der Waals surface area contributed by atoms with Crippen molar-refractivity contribution in [1.82, 2.24) is 10.2 Å². The highest BCUT2D eigenvalue weighted by Gasteiger charge is 2.36. The summed E-state index contributed by atoms with van der Waals surface area (Å²) in [4.78, 5) is 2.45. The zero-order chi connectivity index (χ0) is 13.8. The number of rotatable bonds is 6. The van der Waals surface area contributed by atoms with E-state index in [2.05, 4.69) is 17.1 Å². The highest BCUT2D eigenvalue weighted by Crippen LogP contribution is 2.34. The van der Waals surface area contributed by atoms with Crippen molar-refractivity contribution in [2.75, 3.05) is 26.2 Å². The first-order valence-corrected chi connectivity index (χ1v) is 7.45. The fourth-order valence-electron chi connectivity index (χ4n) is 3.49. The largest absolute Gasteiger partial charge is 0.396 e. The summed E-state index contributed by atoms with van der Waals surface area (Å²) < 4.78 is 24.6. The number of hydrogen-bond acceptors (Lipinski definition) is 3. The molecule has 0 radical (unpaired) electrons. The van der Waals surface area contributed by atoms with Crippen LogP contribution in [0.3, 0.4) is 0 Å². The maximum atomic E-state index is 12.3. The van der Waals surface area contributed by atoms with Gasteiger partial charge in [-0.2, -0.15) is 0 Å². The van der Waals surface area contributed by atoms with E-state index in [0.717, 1.165) is 31.8 Å². The minimum atomic E-state index is -2.28. The first-order chi connectivity index (χ1) is 9.08. The van der Waals surface area contributed by atoms with Crippen LogP contribution in [0.15, 0.2) is 0 Å². The first kappa shape index (κ1) is 15.1. The number of piperidine rings is 1. The molecule has 1 aliphatic carbocycles. The van der Waals surface area contributed by atoms with Crippen LogP contribution in [0, 0.1) is 11.8 Å². The fraction of sp³-hybridized carbons (Fsp3) is 1.00. The fourth-order valence-corrected chi connectivity index (χ4v) is 3.49. The highest BCUT2D eigenvalue weighted by atomic mass is 19.3. The molecule has 112 valence electrons. The number of nitrogens with one attached hydrogen (secondary N) is 1. The summed E-state index contributed by atoms with van der Waals surface area (Å²) >= 11 is 0. The third kappa shape index (κ3) is 4.36. The molecule has 0 aromatic rings. The molecule has 2 aliphatic rings. The summed E-state index contributed by atoms with van der Waals surface area (Å²) in [5.74, 6) is 1.24. The van der Waals surface area contributed by atoms with Crippen LogP contribution in [-0.4, -0.2) is 54.8 Å². The second-order valence-electron chi connectivity index (χ2n) is 6.29. The molecule has 5 heteroatoms. The third-order valence-corrected chi connectivity index (χ3v) is 4.53. The SMILES string of the molecule is CC1CC(N2CC(CCO)CC(NCC(F)F)C2)C1. The van der Waals surface area contributed by atoms with Crippen LogP contribution in [0.5, 0.6) is 0 Å². The van der Waals surface area contributed by atoms with Crippen molar-refractivity contribution in [1.29, 1.82) is 0 Å². The minimum absolute atomic E-state index is 0.148. The van der Waals surface area contributed by atoms with Crippen molar-refractivity contribution in [2.45, 2.75) is 51.1 Å². The zero-order valence-electron chi connectivity index (χ0n) is 11.7. The van der Waals surface area contributed by atoms with Crippen molar-refractivity contribution >= 4 is 0 Å². The first-order valence-electron chi connectivity index (χ1n) is 7.45. The summed E-state index contributed by atoms with van der Waals surface area (Å²) in [6.45, 7) is 4.14. The molecule has 1 saturated heterocycles. The van der Waals surface area contributed by atoms with Gasteiger partial charge < -0.3 is 10.4 Å². The molecule has 1 saturated carbocycles. The average Bonchev–Trinajstić information content (AvgIpc) is 2.33. The molecule has 0 amide bonds. The van der Waals surface area contributed by atoms with Crippen molar-refractivity contribution in [3.05, 3.63) is 0 Å². The number of halogens is 2. The van der Waals surface area contributed by atoms with Crippen LogP contribution in [0.1, 0.15) is 32.6 Å². The summed E-state index contributed by atoms with van der Waals surface area (Å²) in [6, 6.07) is 0.780. The molecule has 0 aromatic carbocycles. The quantitative estimate of drug-likeness (QED) is 0.775. The molecular formula is C14H26F2N2O. The van der Waals surface area contributed by atoms with Crippen LogP contribution in [0.25, 0.3) is 0 Å². The van der Waals surface area contributed by atoms with Crippen molar-refractivity contribution in [3.63, 3.8) is 0 Å². The molecular weight excluding hydrogens is 250 g/mol. The number of aliphatic hydroxyl groups is 1. The second kappa shape index (κ2) is 6.95. The number of likely N-dealkylation sites (tertiary alicyclic amines) is 1. The molecule has 0 aromatic heterocycles. The Hall–Kier alpha value is -0.260. The van der Waals surface area contributed by atoms with E-state index in [1.807, 2.05) is 0 Å². The predicted octanol–water partition coefficient (Wildman–Crippen LogP) is 1.71. The minimum Gasteiger partial charge on any atom is -0.396 e. The van der Waals surface area contributed by atoms with E-state index in [1.165, 1.54) is 12.8 Å². The highest BCUT2D eigenvalue weighted by molar-refractivity contribution is 4.92. The topological polar surface area (TPSA) is 35.5 Å². The van der Waals surface area contributed by atoms with Crippen LogP contribution < -0.4 is 5.32 Å². The van der Waals surface area contributed by atoms with E-state index in [-0.39, 0.29) is 19.2 Å². The van der Waals surface area contributed by atoms with Crippen molar-refractivity contribution in [2.24, 2.45) is 11.8 Å². The molecule has 2 N–H and O–H groups in total. The van der Waals surface area contributed by atoms with E-state index in [1.54, 1.807) is 0 Å². The molecule has 19 heavy (non-hydrogen) atoms. The molecule has 0 bridgehead atoms. The number of nitrogens with zero attached hydrogens (tertiary/aromatic N) is 1. The molecule has 3 nitrogen and oxygen atoms in total. The van der Waals surface area contributed by atoms with E-state index >= 15 is 0 Å². The Balaban J connectivity index is 1.85. The van der Waals surface area contributed by atoms with E-state index < -0.39 is 6.43 Å². The van der Waals surface area contributed by atoms with E-state index in [0.29, 0.717) is 12.0 Å². The van der Waals surface area contributed by atoms with E-state index in [4.69, 9.17) is 5.11 Å². The standard InChI is InChI=1S/C14H26F2N2O/c1-10-4-13(5-10)18-8-11(2-3-19)6-12(9-18)17-7-14(15)16/h10-14,17,19H,2-9H2,1H3. The Labute approximate surface area is 114 Å². The molecule has 2 atom stereocenters. The van der Waals surface area contributed by atoms with Gasteiger partial charge in [0.25, 0.3) is 6.43 Å². The maximum absolute atomic E-state index is 12.3. The Bertz CT molecular complexity index is 272. The van der Waals surface area contributed by atoms with Crippen molar-refractivity contribution < 1.29 is 13.9 Å². The molecule has 1 heterocycles. The summed E-state index contributed by atoms with van der Waals surface area (Å²) in [5, 5.41) is 12.1. The van der Waals surface area contributed by atoms with E-state index in [9.17, 15) is 8.78 Å². The van der Waals surface area contributed by atoms with Gasteiger partial charge in [-0.15, -0.1) is 0 Å². The zero-order valence-corrected chi connectivity index (χ0v) is 11.7. The van der Waals surface area contributed by atoms with Gasteiger partial charge in [-0.05, 0) is 37.5 Å². The summed E-state index contributed by atoms with van der Waals surface area (Å²) in [6.07, 6.45) is 1.87. The van der Waals surface area contributed by atoms with Crippen molar-refractivity contribution in [3.8, 4) is 0 Å². The number of aliphatic hydroxyl groups excluding tert-OH is 1. The van der Waals surface area contributed by atoms with Crippen LogP contribution in [0.2, 0.25) is 0 Å². The Morgan fingerprint density at radius 3 is 2.58 bits per heavy atom. The number of alkyl halides is 2. The lowest BCUT2D eigenvalue weighted by atomic mass is 9.78. The summed E-state index contributed by atoms with van der Waals surface area (Å²) in [5.41, 5.74) is 0. The maximum Gasteiger partial charge on any atom is 0.250 e. The Morgan fingerprint density at radius 1 is 1.26 bits per heavy atom. The number of hydrogen-bond donors (Lipinski definition) is 2. The van der Waals surface area contributed by atoms with Gasteiger partial charge in [0.2, 0.25) is 0 Å². The van der Waals surface area contributed by atoms with Gasteiger partial charge in [-0.3, -0.25) is 4.90 Å². The molecule has 2 rings (SSSR count). The summed E-state index contributed by atoms with van der Waals surface area (Å²) in [7, 11) is 0. The predicted molar refractivity (Wildman–Crippen MR) is 71.4 cm³/mol. The van der Waals surface area contributed by atoms with Gasteiger partial charge in [0, 0.05) is 31.8 Å². The third-order valence-electron chi connectivity index (χ3n) is 4.53. The van der Waals surface area contributed by atoms with Gasteiger partial charge in [-0.1, -0.05) is 6.92 Å². The van der Waals surface area contributed by atoms with Gasteiger partial charge in [0.15, 0.2) is 0 Å².